The van der Waals surface area contributed by atoms with E-state index in [0.29, 0.717) is 30.9 Å². The van der Waals surface area contributed by atoms with Gasteiger partial charge >= 0.3 is 12.1 Å². The molecule has 4 aliphatic rings. The molecule has 9 atom stereocenters. The Hall–Kier alpha value is -2.99. The Balaban J connectivity index is 1.60. The van der Waals surface area contributed by atoms with Crippen molar-refractivity contribution >= 4 is 62.8 Å². The van der Waals surface area contributed by atoms with E-state index in [2.05, 4.69) is 5.32 Å². The number of benzene rings is 1. The first-order chi connectivity index (χ1) is 26.3. The van der Waals surface area contributed by atoms with Gasteiger partial charge in [0.1, 0.15) is 40.3 Å². The van der Waals surface area contributed by atoms with E-state index in [1.165, 1.54) is 31.1 Å². The minimum absolute atomic E-state index is 0.0860. The first kappa shape index (κ1) is 44.1. The largest absolute Gasteiger partial charge is 0.495 e. The maximum Gasteiger partial charge on any atom is 0.409 e. The highest BCUT2D eigenvalue weighted by Crippen LogP contribution is 2.63. The normalized spacial score (nSPS) is 34.4. The number of carbonyl (C=O) groups excluding carboxylic acids is 4. The van der Waals surface area contributed by atoms with E-state index in [4.69, 9.17) is 40.0 Å². The molecule has 4 aliphatic heterocycles. The lowest BCUT2D eigenvalue weighted by Crippen LogP contribution is -2.68. The minimum atomic E-state index is -1.93. The van der Waals surface area contributed by atoms with Gasteiger partial charge in [-0.1, -0.05) is 63.9 Å². The molecule has 56 heavy (non-hydrogen) atoms. The third-order valence-electron chi connectivity index (χ3n) is 11.6. The number of nitrogens with one attached hydrogen (secondary N) is 1. The number of amides is 3. The number of likely N-dealkylation sites (N-methyl/N-ethyl adjacent to an activating group) is 1. The van der Waals surface area contributed by atoms with Crippen LogP contribution in [0.5, 0.6) is 5.75 Å². The number of hydrogen-bond donors (Lipinski definition) is 2. The zero-order valence-electron chi connectivity index (χ0n) is 33.6. The Morgan fingerprint density at radius 1 is 1.21 bits per heavy atom. The second-order valence-electron chi connectivity index (χ2n) is 15.5. The molecule has 0 aromatic heterocycles. The van der Waals surface area contributed by atoms with E-state index in [1.54, 1.807) is 73.9 Å². The lowest BCUT2D eigenvalue weighted by atomic mass is 9.69. The van der Waals surface area contributed by atoms with Crippen molar-refractivity contribution in [2.45, 2.75) is 106 Å². The third-order valence-corrected chi connectivity index (χ3v) is 14.6. The van der Waals surface area contributed by atoms with Gasteiger partial charge in [-0.2, -0.15) is 0 Å². The molecular weight excluding hydrogens is 786 g/mol. The molecule has 3 fully saturated rings. The van der Waals surface area contributed by atoms with Crippen molar-refractivity contribution in [2.75, 3.05) is 53.2 Å². The van der Waals surface area contributed by atoms with Gasteiger partial charge in [-0.05, 0) is 57.6 Å². The summed E-state index contributed by atoms with van der Waals surface area (Å²) in [7, 11) is 10.8. The number of nitrogens with zero attached hydrogens (tertiary/aromatic N) is 2. The van der Waals surface area contributed by atoms with Crippen LogP contribution in [0.25, 0.3) is 0 Å². The molecule has 3 saturated heterocycles. The SMILES string of the molecule is COCC(C)(CCC(=O)N(C)[C@H]1C(=O)O[C@H]2CC(=O)N(C)c3cc(cc(OC)c3Cl)C/C(C)=C/C=C/[C@@H](OC)[C@@]3(O)C[C@H](OC(=O)N3)[C@@H](C)[C@@]13O[C@@]23C)SSC. The molecule has 310 valence electrons. The van der Waals surface area contributed by atoms with Gasteiger partial charge < -0.3 is 43.3 Å². The molecule has 1 aromatic carbocycles. The molecule has 0 saturated carbocycles. The lowest BCUT2D eigenvalue weighted by Gasteiger charge is -2.46. The summed E-state index contributed by atoms with van der Waals surface area (Å²) in [4.78, 5) is 58.5. The van der Waals surface area contributed by atoms with E-state index in [-0.39, 0.29) is 34.9 Å². The van der Waals surface area contributed by atoms with Crippen LogP contribution >= 0.6 is 33.2 Å². The van der Waals surface area contributed by atoms with Crippen molar-refractivity contribution < 1.29 is 52.7 Å². The number of alkyl carbamates (subject to hydrolysis) is 1. The zero-order valence-corrected chi connectivity index (χ0v) is 36.0. The predicted molar refractivity (Wildman–Crippen MR) is 215 cm³/mol. The van der Waals surface area contributed by atoms with Gasteiger partial charge in [-0.15, -0.1) is 0 Å². The summed E-state index contributed by atoms with van der Waals surface area (Å²) in [6.07, 6.45) is 3.65. The predicted octanol–water partition coefficient (Wildman–Crippen LogP) is 5.07. The highest BCUT2D eigenvalue weighted by molar-refractivity contribution is 8.77. The van der Waals surface area contributed by atoms with E-state index in [9.17, 15) is 24.3 Å². The van der Waals surface area contributed by atoms with E-state index in [0.717, 1.165) is 11.1 Å². The highest BCUT2D eigenvalue weighted by Gasteiger charge is 2.83. The Kier molecular flexibility index (Phi) is 13.5. The third kappa shape index (κ3) is 8.30. The molecule has 0 radical (unpaired) electrons. The number of hydrogen-bond acceptors (Lipinski definition) is 13. The Morgan fingerprint density at radius 3 is 2.57 bits per heavy atom. The van der Waals surface area contributed by atoms with Crippen LogP contribution in [0.15, 0.2) is 35.9 Å². The monoisotopic (exact) mass is 839 g/mol. The molecule has 6 bridgehead atoms. The van der Waals surface area contributed by atoms with Gasteiger partial charge in [0.15, 0.2) is 11.8 Å². The van der Waals surface area contributed by atoms with Crippen LogP contribution in [0.2, 0.25) is 5.02 Å². The number of ether oxygens (including phenoxy) is 6. The number of halogens is 1. The summed E-state index contributed by atoms with van der Waals surface area (Å²) < 4.78 is 34.9. The van der Waals surface area contributed by atoms with Crippen molar-refractivity contribution in [1.82, 2.24) is 10.2 Å². The molecule has 0 spiro atoms. The van der Waals surface area contributed by atoms with E-state index >= 15 is 0 Å². The summed E-state index contributed by atoms with van der Waals surface area (Å²) in [5, 5.41) is 14.8. The number of anilines is 1. The van der Waals surface area contributed by atoms with Gasteiger partial charge in [0.05, 0.1) is 25.8 Å². The fourth-order valence-electron chi connectivity index (χ4n) is 8.46. The average Bonchev–Trinajstić information content (AvgIpc) is 3.79. The van der Waals surface area contributed by atoms with Crippen molar-refractivity contribution in [1.29, 1.82) is 0 Å². The molecule has 14 nitrogen and oxygen atoms in total. The molecule has 2 N–H and O–H groups in total. The van der Waals surface area contributed by atoms with Crippen molar-refractivity contribution in [3.05, 3.63) is 46.5 Å². The van der Waals surface area contributed by atoms with Crippen molar-refractivity contribution in [2.24, 2.45) is 5.92 Å². The van der Waals surface area contributed by atoms with Crippen LogP contribution in [-0.4, -0.2) is 128 Å². The topological polar surface area (TPSA) is 166 Å². The number of esters is 1. The van der Waals surface area contributed by atoms with E-state index in [1.807, 2.05) is 26.2 Å². The molecule has 3 amide bonds. The van der Waals surface area contributed by atoms with Crippen LogP contribution in [0, 0.1) is 5.92 Å². The number of rotatable bonds is 10. The van der Waals surface area contributed by atoms with Gasteiger partial charge in [0.2, 0.25) is 11.8 Å². The average molecular weight is 840 g/mol. The van der Waals surface area contributed by atoms with Gasteiger partial charge in [0.25, 0.3) is 0 Å². The number of aliphatic hydroxyl groups is 1. The fraction of sp³-hybridized carbons (Fsp3) is 0.641. The molecule has 4 heterocycles. The summed E-state index contributed by atoms with van der Waals surface area (Å²) in [6, 6.07) is 2.30. The molecule has 1 aromatic rings. The molecular formula is C39H54ClN3O11S2. The lowest BCUT2D eigenvalue weighted by molar-refractivity contribution is -0.174. The molecule has 17 heteroatoms. The Labute approximate surface area is 341 Å². The van der Waals surface area contributed by atoms with Crippen molar-refractivity contribution in [3.63, 3.8) is 0 Å². The molecule has 1 unspecified atom stereocenters. The highest BCUT2D eigenvalue weighted by atomic mass is 35.5. The van der Waals surface area contributed by atoms with Crippen LogP contribution in [0.4, 0.5) is 10.5 Å². The van der Waals surface area contributed by atoms with Crippen LogP contribution in [0.1, 0.15) is 58.9 Å². The number of fused-ring (bicyclic) bond motifs is 4. The zero-order chi connectivity index (χ0) is 41.4. The Morgan fingerprint density at radius 2 is 1.93 bits per heavy atom. The molecule has 5 rings (SSSR count). The maximum atomic E-state index is 14.3. The summed E-state index contributed by atoms with van der Waals surface area (Å²) in [5.41, 5.74) is -2.65. The number of epoxide rings is 1. The minimum Gasteiger partial charge on any atom is -0.495 e. The van der Waals surface area contributed by atoms with Crippen LogP contribution < -0.4 is 15.0 Å². The van der Waals surface area contributed by atoms with Gasteiger partial charge in [0, 0.05) is 51.8 Å². The second kappa shape index (κ2) is 17.1. The standard InChI is InChI=1S/C39H54ClN3O11S2/c1-22-12-11-13-28(51-9)38(48)20-27(52-35(47)41-38)23(2)39-33(43(6)30(44)14-15-36(3,21-49-7)56-55-10)34(46)53-29(37(39,4)54-39)19-31(45)42(5)25-17-24(16-22)18-26(50-8)32(25)40/h11-13,17-18,23,27-29,33,48H,14-16,19-21H2,1-10H3,(H,41,47)/b13-11+,22-12+/t23-,27+,28-,29+,33+,36?,37+,38+,39-/m1/s1. The Bertz CT molecular complexity index is 1760. The van der Waals surface area contributed by atoms with Crippen LogP contribution in [-0.2, 0) is 44.5 Å². The smallest absolute Gasteiger partial charge is 0.409 e. The van der Waals surface area contributed by atoms with Crippen molar-refractivity contribution in [3.8, 4) is 5.75 Å². The first-order valence-corrected chi connectivity index (χ1v) is 21.3. The van der Waals surface area contributed by atoms with E-state index < -0.39 is 65.2 Å². The number of methoxy groups -OCH3 is 3. The summed E-state index contributed by atoms with van der Waals surface area (Å²) in [5.74, 6) is -1.98. The number of allylic oxidation sites excluding steroid dienone is 3. The number of carbonyl (C=O) groups is 4. The summed E-state index contributed by atoms with van der Waals surface area (Å²) in [6.45, 7) is 7.83. The fourth-order valence-corrected chi connectivity index (χ4v) is 11.1. The van der Waals surface area contributed by atoms with Crippen LogP contribution in [0.3, 0.4) is 0 Å². The van der Waals surface area contributed by atoms with Gasteiger partial charge in [-0.25, -0.2) is 9.59 Å². The second-order valence-corrected chi connectivity index (χ2v) is 18.8. The molecule has 0 aliphatic carbocycles. The summed E-state index contributed by atoms with van der Waals surface area (Å²) >= 11 is 6.77. The quantitative estimate of drug-likeness (QED) is 0.182. The first-order valence-electron chi connectivity index (χ1n) is 18.4. The van der Waals surface area contributed by atoms with Gasteiger partial charge in [-0.3, -0.25) is 14.9 Å². The maximum absolute atomic E-state index is 14.3.